The van der Waals surface area contributed by atoms with E-state index in [1.54, 1.807) is 0 Å². The van der Waals surface area contributed by atoms with Gasteiger partial charge in [-0.15, -0.1) is 0 Å². The lowest BCUT2D eigenvalue weighted by molar-refractivity contribution is 0.556. The highest BCUT2D eigenvalue weighted by molar-refractivity contribution is 9.10. The van der Waals surface area contributed by atoms with Gasteiger partial charge in [0.1, 0.15) is 4.60 Å². The van der Waals surface area contributed by atoms with Crippen molar-refractivity contribution in [3.63, 3.8) is 0 Å². The summed E-state index contributed by atoms with van der Waals surface area (Å²) in [5, 5.41) is 3.57. The minimum atomic E-state index is 0.672. The normalized spacial score (nSPS) is 27.2. The predicted molar refractivity (Wildman–Crippen MR) is 74.1 cm³/mol. The Morgan fingerprint density at radius 1 is 1.53 bits per heavy atom. The van der Waals surface area contributed by atoms with Crippen LogP contribution in [0.2, 0.25) is 0 Å². The lowest BCUT2D eigenvalue weighted by Crippen LogP contribution is -2.30. The first-order valence-corrected chi connectivity index (χ1v) is 6.83. The number of halogens is 1. The van der Waals surface area contributed by atoms with Crippen molar-refractivity contribution in [2.24, 2.45) is 5.92 Å². The molecule has 1 N–H and O–H groups in total. The molecule has 0 amide bonds. The van der Waals surface area contributed by atoms with Crippen molar-refractivity contribution in [2.45, 2.75) is 12.5 Å². The average Bonchev–Trinajstić information content (AvgIpc) is 2.90. The first-order valence-electron chi connectivity index (χ1n) is 6.04. The van der Waals surface area contributed by atoms with Crippen molar-refractivity contribution in [1.82, 2.24) is 10.3 Å². The van der Waals surface area contributed by atoms with Crippen LogP contribution in [0.15, 0.2) is 23.4 Å². The molecule has 2 atom stereocenters. The Bertz CT molecular complexity index is 434. The number of nitrogens with zero attached hydrogens (tertiary/aromatic N) is 2. The van der Waals surface area contributed by atoms with E-state index in [4.69, 9.17) is 0 Å². The summed E-state index contributed by atoms with van der Waals surface area (Å²) in [7, 11) is 0. The molecule has 90 valence electrons. The largest absolute Gasteiger partial charge is 0.368 e. The standard InChI is InChI=1S/C13H16BrN3/c1-2-9-5-11(6-16-13(9)14)17-7-10-3-4-15-12(10)8-17/h2,5-6,10,12,15H,1,3-4,7-8H2. The third-order valence-corrected chi connectivity index (χ3v) is 4.46. The van der Waals surface area contributed by atoms with Gasteiger partial charge in [0.25, 0.3) is 0 Å². The van der Waals surface area contributed by atoms with Gasteiger partial charge in [-0.05, 0) is 40.9 Å². The van der Waals surface area contributed by atoms with E-state index >= 15 is 0 Å². The minimum Gasteiger partial charge on any atom is -0.368 e. The monoisotopic (exact) mass is 293 g/mol. The fourth-order valence-electron chi connectivity index (χ4n) is 2.83. The van der Waals surface area contributed by atoms with Gasteiger partial charge in [0, 0.05) is 24.7 Å². The fraction of sp³-hybridized carbons (Fsp3) is 0.462. The van der Waals surface area contributed by atoms with Crippen LogP contribution in [0, 0.1) is 5.92 Å². The summed E-state index contributed by atoms with van der Waals surface area (Å²) in [6.07, 6.45) is 5.09. The molecule has 0 aliphatic carbocycles. The van der Waals surface area contributed by atoms with E-state index in [0.29, 0.717) is 6.04 Å². The van der Waals surface area contributed by atoms with Crippen molar-refractivity contribution in [3.8, 4) is 0 Å². The highest BCUT2D eigenvalue weighted by Gasteiger charge is 2.36. The molecule has 1 aromatic rings. The van der Waals surface area contributed by atoms with Gasteiger partial charge in [0.2, 0.25) is 0 Å². The second-order valence-corrected chi connectivity index (χ2v) is 5.54. The second kappa shape index (κ2) is 4.42. The number of nitrogens with one attached hydrogen (secondary N) is 1. The number of anilines is 1. The molecule has 4 heteroatoms. The number of hydrogen-bond donors (Lipinski definition) is 1. The van der Waals surface area contributed by atoms with Crippen LogP contribution in [0.25, 0.3) is 6.08 Å². The Labute approximate surface area is 110 Å². The van der Waals surface area contributed by atoms with E-state index in [2.05, 4.69) is 43.8 Å². The van der Waals surface area contributed by atoms with E-state index in [-0.39, 0.29) is 0 Å². The summed E-state index contributed by atoms with van der Waals surface area (Å²) in [5.74, 6) is 0.811. The molecule has 0 aromatic carbocycles. The van der Waals surface area contributed by atoms with Crippen LogP contribution in [0.5, 0.6) is 0 Å². The predicted octanol–water partition coefficient (Wildman–Crippen LogP) is 2.29. The number of aromatic nitrogens is 1. The molecule has 2 saturated heterocycles. The van der Waals surface area contributed by atoms with Gasteiger partial charge in [0.15, 0.2) is 0 Å². The van der Waals surface area contributed by atoms with Gasteiger partial charge >= 0.3 is 0 Å². The minimum absolute atomic E-state index is 0.672. The van der Waals surface area contributed by atoms with Gasteiger partial charge in [-0.1, -0.05) is 12.7 Å². The number of pyridine rings is 1. The van der Waals surface area contributed by atoms with Crippen LogP contribution in [-0.2, 0) is 0 Å². The molecule has 17 heavy (non-hydrogen) atoms. The van der Waals surface area contributed by atoms with Crippen LogP contribution in [0.1, 0.15) is 12.0 Å². The Balaban J connectivity index is 1.83. The van der Waals surface area contributed by atoms with Crippen LogP contribution in [0.3, 0.4) is 0 Å². The smallest absolute Gasteiger partial charge is 0.113 e. The van der Waals surface area contributed by atoms with Crippen LogP contribution in [-0.4, -0.2) is 30.7 Å². The quantitative estimate of drug-likeness (QED) is 0.848. The zero-order chi connectivity index (χ0) is 11.8. The van der Waals surface area contributed by atoms with Gasteiger partial charge < -0.3 is 10.2 Å². The van der Waals surface area contributed by atoms with Crippen molar-refractivity contribution < 1.29 is 0 Å². The molecule has 1 aromatic heterocycles. The van der Waals surface area contributed by atoms with Crippen molar-refractivity contribution in [1.29, 1.82) is 0 Å². The van der Waals surface area contributed by atoms with Gasteiger partial charge in [-0.3, -0.25) is 0 Å². The molecule has 0 saturated carbocycles. The molecule has 0 spiro atoms. The molecular weight excluding hydrogens is 278 g/mol. The fourth-order valence-corrected chi connectivity index (χ4v) is 3.21. The Morgan fingerprint density at radius 2 is 2.41 bits per heavy atom. The topological polar surface area (TPSA) is 28.2 Å². The first kappa shape index (κ1) is 11.2. The average molecular weight is 294 g/mol. The summed E-state index contributed by atoms with van der Waals surface area (Å²) < 4.78 is 0.869. The maximum absolute atomic E-state index is 4.37. The maximum atomic E-state index is 4.37. The highest BCUT2D eigenvalue weighted by Crippen LogP contribution is 2.30. The molecule has 0 bridgehead atoms. The Morgan fingerprint density at radius 3 is 3.18 bits per heavy atom. The molecule has 3 rings (SSSR count). The zero-order valence-electron chi connectivity index (χ0n) is 9.69. The lowest BCUT2D eigenvalue weighted by atomic mass is 10.1. The second-order valence-electron chi connectivity index (χ2n) is 4.79. The lowest BCUT2D eigenvalue weighted by Gasteiger charge is -2.19. The molecular formula is C13H16BrN3. The van der Waals surface area contributed by atoms with Crippen LogP contribution in [0.4, 0.5) is 5.69 Å². The molecule has 2 fully saturated rings. The number of rotatable bonds is 2. The van der Waals surface area contributed by atoms with Gasteiger partial charge in [0.05, 0.1) is 11.9 Å². The van der Waals surface area contributed by atoms with E-state index in [1.807, 2.05) is 12.3 Å². The van der Waals surface area contributed by atoms with Gasteiger partial charge in [-0.2, -0.15) is 0 Å². The van der Waals surface area contributed by atoms with Crippen molar-refractivity contribution >= 4 is 27.7 Å². The molecule has 2 aliphatic rings. The molecule has 3 nitrogen and oxygen atoms in total. The van der Waals surface area contributed by atoms with E-state index < -0.39 is 0 Å². The van der Waals surface area contributed by atoms with E-state index in [1.165, 1.54) is 18.7 Å². The third-order valence-electron chi connectivity index (χ3n) is 3.80. The molecule has 2 unspecified atom stereocenters. The Hall–Kier alpha value is -0.870. The van der Waals surface area contributed by atoms with Crippen LogP contribution < -0.4 is 10.2 Å². The van der Waals surface area contributed by atoms with E-state index in [0.717, 1.165) is 29.2 Å². The SMILES string of the molecule is C=Cc1cc(N2CC3CCNC3C2)cnc1Br. The van der Waals surface area contributed by atoms with E-state index in [9.17, 15) is 0 Å². The zero-order valence-corrected chi connectivity index (χ0v) is 11.3. The summed E-state index contributed by atoms with van der Waals surface area (Å²) in [5.41, 5.74) is 2.27. The summed E-state index contributed by atoms with van der Waals surface area (Å²) in [6, 6.07) is 2.83. The molecule has 2 aliphatic heterocycles. The van der Waals surface area contributed by atoms with Crippen LogP contribution >= 0.6 is 15.9 Å². The summed E-state index contributed by atoms with van der Waals surface area (Å²) in [4.78, 5) is 6.80. The van der Waals surface area contributed by atoms with Crippen molar-refractivity contribution in [3.05, 3.63) is 29.0 Å². The molecule has 0 radical (unpaired) electrons. The summed E-state index contributed by atoms with van der Waals surface area (Å²) >= 11 is 3.43. The number of hydrogen-bond acceptors (Lipinski definition) is 3. The molecule has 3 heterocycles. The third kappa shape index (κ3) is 2.00. The Kier molecular flexibility index (Phi) is 2.92. The van der Waals surface area contributed by atoms with Crippen molar-refractivity contribution in [2.75, 3.05) is 24.5 Å². The first-order chi connectivity index (χ1) is 8.28. The summed E-state index contributed by atoms with van der Waals surface area (Å²) in [6.45, 7) is 7.25. The van der Waals surface area contributed by atoms with Gasteiger partial charge in [-0.25, -0.2) is 4.98 Å². The number of fused-ring (bicyclic) bond motifs is 1. The maximum Gasteiger partial charge on any atom is 0.113 e. The highest BCUT2D eigenvalue weighted by atomic mass is 79.9.